The van der Waals surface area contributed by atoms with Crippen molar-refractivity contribution >= 4 is 0 Å². The molecule has 1 aliphatic carbocycles. The number of hydrogen-bond donors (Lipinski definition) is 1. The Morgan fingerprint density at radius 3 is 2.87 bits per heavy atom. The zero-order valence-corrected chi connectivity index (χ0v) is 9.52. The molecule has 2 N–H and O–H groups in total. The first kappa shape index (κ1) is 10.7. The van der Waals surface area contributed by atoms with Crippen LogP contribution in [0.5, 0.6) is 0 Å². The monoisotopic (exact) mass is 207 g/mol. The Bertz CT molecular complexity index is 304. The van der Waals surface area contributed by atoms with Crippen molar-refractivity contribution in [3.63, 3.8) is 0 Å². The molecular formula is C12H21N3. The summed E-state index contributed by atoms with van der Waals surface area (Å²) in [7, 11) is 0. The molecule has 84 valence electrons. The van der Waals surface area contributed by atoms with Crippen LogP contribution < -0.4 is 5.73 Å². The standard InChI is InChI=1S/C12H21N3/c1-2-6-15-7-5-14-12(15)8-10-3-4-11(10)9-13/h5,7,10-11H,2-4,6,8-9,13H2,1H3. The van der Waals surface area contributed by atoms with E-state index in [2.05, 4.69) is 22.7 Å². The quantitative estimate of drug-likeness (QED) is 0.800. The lowest BCUT2D eigenvalue weighted by Gasteiger charge is -2.35. The van der Waals surface area contributed by atoms with E-state index in [1.54, 1.807) is 0 Å². The summed E-state index contributed by atoms with van der Waals surface area (Å²) in [6, 6.07) is 0. The zero-order valence-electron chi connectivity index (χ0n) is 9.52. The Balaban J connectivity index is 1.95. The van der Waals surface area contributed by atoms with Gasteiger partial charge < -0.3 is 10.3 Å². The minimum atomic E-state index is 0.747. The van der Waals surface area contributed by atoms with Crippen LogP contribution in [-0.2, 0) is 13.0 Å². The average Bonchev–Trinajstić information content (AvgIpc) is 2.62. The highest BCUT2D eigenvalue weighted by molar-refractivity contribution is 4.97. The van der Waals surface area contributed by atoms with Crippen LogP contribution in [0.1, 0.15) is 32.0 Å². The lowest BCUT2D eigenvalue weighted by Crippen LogP contribution is -2.34. The summed E-state index contributed by atoms with van der Waals surface area (Å²) < 4.78 is 2.28. The first-order valence-corrected chi connectivity index (χ1v) is 6.05. The summed E-state index contributed by atoms with van der Waals surface area (Å²) >= 11 is 0. The minimum Gasteiger partial charge on any atom is -0.335 e. The van der Waals surface area contributed by atoms with Crippen molar-refractivity contribution in [2.24, 2.45) is 17.6 Å². The molecule has 2 unspecified atom stereocenters. The summed E-state index contributed by atoms with van der Waals surface area (Å²) in [4.78, 5) is 4.45. The summed E-state index contributed by atoms with van der Waals surface area (Å²) in [5.74, 6) is 2.78. The highest BCUT2D eigenvalue weighted by atomic mass is 15.1. The van der Waals surface area contributed by atoms with Crippen LogP contribution in [0.15, 0.2) is 12.4 Å². The Labute approximate surface area is 91.7 Å². The number of imidazole rings is 1. The van der Waals surface area contributed by atoms with Crippen LogP contribution in [0.2, 0.25) is 0 Å². The van der Waals surface area contributed by atoms with Crippen molar-refractivity contribution in [1.82, 2.24) is 9.55 Å². The molecule has 1 saturated carbocycles. The van der Waals surface area contributed by atoms with Crippen molar-refractivity contribution in [2.45, 2.75) is 39.2 Å². The highest BCUT2D eigenvalue weighted by Gasteiger charge is 2.30. The van der Waals surface area contributed by atoms with Gasteiger partial charge in [0.15, 0.2) is 0 Å². The normalized spacial score (nSPS) is 25.2. The third-order valence-corrected chi connectivity index (χ3v) is 3.59. The van der Waals surface area contributed by atoms with Gasteiger partial charge in [0.2, 0.25) is 0 Å². The summed E-state index contributed by atoms with van der Waals surface area (Å²) in [5, 5.41) is 0. The van der Waals surface area contributed by atoms with E-state index in [4.69, 9.17) is 5.73 Å². The fourth-order valence-electron chi connectivity index (χ4n) is 2.43. The Morgan fingerprint density at radius 1 is 1.47 bits per heavy atom. The Kier molecular flexibility index (Phi) is 3.41. The second-order valence-corrected chi connectivity index (χ2v) is 4.57. The molecule has 0 radical (unpaired) electrons. The van der Waals surface area contributed by atoms with Gasteiger partial charge in [-0.2, -0.15) is 0 Å². The molecule has 0 bridgehead atoms. The molecule has 1 fully saturated rings. The first-order chi connectivity index (χ1) is 7.35. The van der Waals surface area contributed by atoms with Crippen LogP contribution >= 0.6 is 0 Å². The summed E-state index contributed by atoms with van der Waals surface area (Å²) in [6.07, 6.45) is 8.95. The summed E-state index contributed by atoms with van der Waals surface area (Å²) in [6.45, 7) is 4.14. The van der Waals surface area contributed by atoms with Crippen LogP contribution in [-0.4, -0.2) is 16.1 Å². The highest BCUT2D eigenvalue weighted by Crippen LogP contribution is 2.35. The second kappa shape index (κ2) is 4.79. The van der Waals surface area contributed by atoms with Crippen LogP contribution in [0, 0.1) is 11.8 Å². The molecular weight excluding hydrogens is 186 g/mol. The number of rotatable bonds is 5. The van der Waals surface area contributed by atoms with Gasteiger partial charge in [0.25, 0.3) is 0 Å². The molecule has 1 aliphatic rings. The molecule has 0 aromatic carbocycles. The summed E-state index contributed by atoms with van der Waals surface area (Å²) in [5.41, 5.74) is 5.72. The SMILES string of the molecule is CCCn1ccnc1CC1CCC1CN. The van der Waals surface area contributed by atoms with E-state index >= 15 is 0 Å². The lowest BCUT2D eigenvalue weighted by molar-refractivity contribution is 0.179. The molecule has 2 atom stereocenters. The maximum Gasteiger partial charge on any atom is 0.108 e. The number of aromatic nitrogens is 2. The van der Waals surface area contributed by atoms with Gasteiger partial charge in [-0.3, -0.25) is 0 Å². The van der Waals surface area contributed by atoms with E-state index < -0.39 is 0 Å². The van der Waals surface area contributed by atoms with Gasteiger partial charge in [-0.15, -0.1) is 0 Å². The van der Waals surface area contributed by atoms with E-state index in [0.29, 0.717) is 0 Å². The van der Waals surface area contributed by atoms with Crippen LogP contribution in [0.3, 0.4) is 0 Å². The fraction of sp³-hybridized carbons (Fsp3) is 0.750. The molecule has 3 nitrogen and oxygen atoms in total. The Hall–Kier alpha value is -0.830. The lowest BCUT2D eigenvalue weighted by atomic mass is 9.72. The smallest absolute Gasteiger partial charge is 0.108 e. The maximum atomic E-state index is 5.72. The van der Waals surface area contributed by atoms with E-state index in [1.807, 2.05) is 6.20 Å². The molecule has 15 heavy (non-hydrogen) atoms. The van der Waals surface area contributed by atoms with Crippen molar-refractivity contribution in [2.75, 3.05) is 6.54 Å². The second-order valence-electron chi connectivity index (χ2n) is 4.57. The van der Waals surface area contributed by atoms with Crippen molar-refractivity contribution < 1.29 is 0 Å². The predicted molar refractivity (Wildman–Crippen MR) is 61.5 cm³/mol. The largest absolute Gasteiger partial charge is 0.335 e. The van der Waals surface area contributed by atoms with E-state index in [-0.39, 0.29) is 0 Å². The van der Waals surface area contributed by atoms with Gasteiger partial charge in [-0.1, -0.05) is 6.92 Å². The minimum absolute atomic E-state index is 0.747. The maximum absolute atomic E-state index is 5.72. The van der Waals surface area contributed by atoms with Gasteiger partial charge in [-0.05, 0) is 37.6 Å². The predicted octanol–water partition coefficient (Wildman–Crippen LogP) is 1.82. The molecule has 1 aromatic rings. The molecule has 0 saturated heterocycles. The molecule has 2 rings (SSSR count). The average molecular weight is 207 g/mol. The third-order valence-electron chi connectivity index (χ3n) is 3.59. The third kappa shape index (κ3) is 2.23. The molecule has 1 aromatic heterocycles. The molecule has 1 heterocycles. The molecule has 0 spiro atoms. The number of aryl methyl sites for hydroxylation is 1. The first-order valence-electron chi connectivity index (χ1n) is 6.05. The molecule has 3 heteroatoms. The topological polar surface area (TPSA) is 43.8 Å². The van der Waals surface area contributed by atoms with Crippen molar-refractivity contribution in [3.8, 4) is 0 Å². The van der Waals surface area contributed by atoms with Gasteiger partial charge in [0.05, 0.1) is 0 Å². The van der Waals surface area contributed by atoms with Gasteiger partial charge in [0.1, 0.15) is 5.82 Å². The number of nitrogens with two attached hydrogens (primary N) is 1. The fourth-order valence-corrected chi connectivity index (χ4v) is 2.43. The molecule has 0 aliphatic heterocycles. The van der Waals surface area contributed by atoms with Crippen LogP contribution in [0.4, 0.5) is 0 Å². The number of nitrogens with zero attached hydrogens (tertiary/aromatic N) is 2. The Morgan fingerprint density at radius 2 is 2.27 bits per heavy atom. The van der Waals surface area contributed by atoms with E-state index in [1.165, 1.54) is 25.1 Å². The van der Waals surface area contributed by atoms with Gasteiger partial charge >= 0.3 is 0 Å². The van der Waals surface area contributed by atoms with Crippen molar-refractivity contribution in [3.05, 3.63) is 18.2 Å². The van der Waals surface area contributed by atoms with E-state index in [9.17, 15) is 0 Å². The van der Waals surface area contributed by atoms with Gasteiger partial charge in [-0.25, -0.2) is 4.98 Å². The molecule has 0 amide bonds. The zero-order chi connectivity index (χ0) is 10.7. The van der Waals surface area contributed by atoms with Gasteiger partial charge in [0, 0.05) is 25.4 Å². The van der Waals surface area contributed by atoms with Crippen molar-refractivity contribution in [1.29, 1.82) is 0 Å². The van der Waals surface area contributed by atoms with Crippen LogP contribution in [0.25, 0.3) is 0 Å². The van der Waals surface area contributed by atoms with E-state index in [0.717, 1.165) is 31.3 Å². The number of hydrogen-bond acceptors (Lipinski definition) is 2.